The number of fused-ring (bicyclic) bond motifs is 5. The molecule has 2 aliphatic carbocycles. The van der Waals surface area contributed by atoms with E-state index in [-0.39, 0.29) is 5.78 Å². The Hall–Kier alpha value is -3.01. The van der Waals surface area contributed by atoms with Crippen LogP contribution in [0, 0.1) is 22.7 Å². The predicted molar refractivity (Wildman–Crippen MR) is 108 cm³/mol. The molecule has 2 aromatic carbocycles. The number of ether oxygens (including phenoxy) is 1. The zero-order valence-electron chi connectivity index (χ0n) is 16.5. The summed E-state index contributed by atoms with van der Waals surface area (Å²) in [6.45, 7) is 3.88. The molecule has 2 fully saturated rings. The van der Waals surface area contributed by atoms with Crippen LogP contribution in [0.25, 0.3) is 11.1 Å². The third-order valence-corrected chi connectivity index (χ3v) is 7.30. The second-order valence-corrected chi connectivity index (χ2v) is 8.16. The Balaban J connectivity index is 1.95. The lowest BCUT2D eigenvalue weighted by molar-refractivity contribution is -0.157. The van der Waals surface area contributed by atoms with E-state index in [1.165, 1.54) is 0 Å². The van der Waals surface area contributed by atoms with Crippen molar-refractivity contribution >= 4 is 28.9 Å². The summed E-state index contributed by atoms with van der Waals surface area (Å²) in [5, 5.41) is 0. The Morgan fingerprint density at radius 3 is 1.41 bits per heavy atom. The molecule has 0 aromatic heterocycles. The van der Waals surface area contributed by atoms with Gasteiger partial charge in [0.05, 0.1) is 22.7 Å². The third kappa shape index (κ3) is 1.92. The lowest BCUT2D eigenvalue weighted by Crippen LogP contribution is -2.37. The summed E-state index contributed by atoms with van der Waals surface area (Å²) in [5.74, 6) is -2.57. The number of Topliss-reactive ketones (excluding diaryl/α,β-unsaturated/α-hetero) is 1. The van der Waals surface area contributed by atoms with E-state index in [1.807, 2.05) is 74.5 Å². The van der Waals surface area contributed by atoms with Crippen LogP contribution < -0.4 is 0 Å². The van der Waals surface area contributed by atoms with Crippen molar-refractivity contribution in [2.75, 3.05) is 0 Å². The van der Waals surface area contributed by atoms with E-state index in [0.717, 1.165) is 22.3 Å². The molecule has 0 spiro atoms. The van der Waals surface area contributed by atoms with Crippen LogP contribution in [-0.2, 0) is 19.1 Å². The molecule has 29 heavy (non-hydrogen) atoms. The summed E-state index contributed by atoms with van der Waals surface area (Å²) < 4.78 is 5.12. The van der Waals surface area contributed by atoms with Gasteiger partial charge in [-0.15, -0.1) is 0 Å². The molecule has 1 saturated carbocycles. The molecule has 4 heteroatoms. The van der Waals surface area contributed by atoms with Gasteiger partial charge in [-0.3, -0.25) is 14.4 Å². The summed E-state index contributed by atoms with van der Waals surface area (Å²) in [7, 11) is 0. The van der Waals surface area contributed by atoms with Gasteiger partial charge in [0.25, 0.3) is 0 Å². The molecule has 0 unspecified atom stereocenters. The highest BCUT2D eigenvalue weighted by atomic mass is 16.6. The molecule has 1 saturated heterocycles. The minimum atomic E-state index is -1.03. The first-order chi connectivity index (χ1) is 14.0. The molecule has 1 heterocycles. The number of hydrogen-bond acceptors (Lipinski definition) is 4. The minimum Gasteiger partial charge on any atom is -0.393 e. The second kappa shape index (κ2) is 5.99. The lowest BCUT2D eigenvalue weighted by Gasteiger charge is -2.37. The van der Waals surface area contributed by atoms with Crippen molar-refractivity contribution in [3.63, 3.8) is 0 Å². The zero-order chi connectivity index (χ0) is 20.4. The SMILES string of the molecule is CC[C@]12C(=O)[C@](CC)(C(c3ccccc3)=C1c1ccccc1)[C@H]1C(=O)OC(=O)[C@H]12. The van der Waals surface area contributed by atoms with Gasteiger partial charge in [-0.2, -0.15) is 0 Å². The first kappa shape index (κ1) is 18.0. The topological polar surface area (TPSA) is 60.4 Å². The van der Waals surface area contributed by atoms with Gasteiger partial charge in [-0.25, -0.2) is 0 Å². The van der Waals surface area contributed by atoms with Crippen LogP contribution in [0.1, 0.15) is 37.8 Å². The van der Waals surface area contributed by atoms with E-state index in [0.29, 0.717) is 12.8 Å². The number of allylic oxidation sites excluding steroid dienone is 2. The highest BCUT2D eigenvalue weighted by molar-refractivity contribution is 6.28. The predicted octanol–water partition coefficient (Wildman–Crippen LogP) is 4.30. The molecule has 0 radical (unpaired) electrons. The van der Waals surface area contributed by atoms with Gasteiger partial charge in [-0.1, -0.05) is 74.5 Å². The number of cyclic esters (lactones) is 2. The van der Waals surface area contributed by atoms with Crippen molar-refractivity contribution in [2.24, 2.45) is 22.7 Å². The molecule has 2 bridgehead atoms. The first-order valence-electron chi connectivity index (χ1n) is 10.2. The van der Waals surface area contributed by atoms with Crippen molar-refractivity contribution < 1.29 is 19.1 Å². The standard InChI is InChI=1S/C25H22O4/c1-3-24-17(15-11-7-5-8-12-15)18(16-13-9-6-10-14-16)25(4-2,23(24)28)20-19(24)21(26)29-22(20)27/h5-14,19-20H,3-4H2,1-2H3/t19-,20+,24-,25+. The van der Waals surface area contributed by atoms with Crippen LogP contribution in [0.4, 0.5) is 0 Å². The highest BCUT2D eigenvalue weighted by Crippen LogP contribution is 2.75. The number of esters is 2. The van der Waals surface area contributed by atoms with E-state index in [9.17, 15) is 14.4 Å². The van der Waals surface area contributed by atoms with Gasteiger partial charge in [0.15, 0.2) is 5.78 Å². The summed E-state index contributed by atoms with van der Waals surface area (Å²) in [5.41, 5.74) is 1.59. The van der Waals surface area contributed by atoms with Crippen molar-refractivity contribution in [3.8, 4) is 0 Å². The first-order valence-corrected chi connectivity index (χ1v) is 10.2. The molecule has 2 aromatic rings. The van der Waals surface area contributed by atoms with E-state index < -0.39 is 34.6 Å². The summed E-state index contributed by atoms with van der Waals surface area (Å²) in [6.07, 6.45) is 0.912. The quantitative estimate of drug-likeness (QED) is 0.581. The van der Waals surface area contributed by atoms with Crippen molar-refractivity contribution in [2.45, 2.75) is 26.7 Å². The maximum Gasteiger partial charge on any atom is 0.318 e. The van der Waals surface area contributed by atoms with Crippen LogP contribution >= 0.6 is 0 Å². The van der Waals surface area contributed by atoms with Crippen LogP contribution in [-0.4, -0.2) is 17.7 Å². The summed E-state index contributed by atoms with van der Waals surface area (Å²) >= 11 is 0. The Morgan fingerprint density at radius 2 is 1.07 bits per heavy atom. The summed E-state index contributed by atoms with van der Waals surface area (Å²) in [6, 6.07) is 19.6. The number of rotatable bonds is 4. The van der Waals surface area contributed by atoms with Gasteiger partial charge in [0.2, 0.25) is 0 Å². The van der Waals surface area contributed by atoms with E-state index in [4.69, 9.17) is 4.74 Å². The van der Waals surface area contributed by atoms with Crippen molar-refractivity contribution in [3.05, 3.63) is 71.8 Å². The number of carbonyl (C=O) groups excluding carboxylic acids is 3. The van der Waals surface area contributed by atoms with Gasteiger partial charge in [0, 0.05) is 0 Å². The Morgan fingerprint density at radius 1 is 0.690 bits per heavy atom. The fraction of sp³-hybridized carbons (Fsp3) is 0.320. The van der Waals surface area contributed by atoms with E-state index in [2.05, 4.69) is 0 Å². The largest absolute Gasteiger partial charge is 0.393 e. The molecule has 0 amide bonds. The van der Waals surface area contributed by atoms with Crippen LogP contribution in [0.3, 0.4) is 0 Å². The third-order valence-electron chi connectivity index (χ3n) is 7.30. The zero-order valence-corrected chi connectivity index (χ0v) is 16.5. The number of carbonyl (C=O) groups is 3. The Kier molecular flexibility index (Phi) is 3.73. The fourth-order valence-electron chi connectivity index (χ4n) is 6.26. The molecule has 4 atom stereocenters. The van der Waals surface area contributed by atoms with Crippen molar-refractivity contribution in [1.29, 1.82) is 0 Å². The molecule has 3 aliphatic rings. The maximum absolute atomic E-state index is 14.1. The molecule has 4 nitrogen and oxygen atoms in total. The number of ketones is 1. The smallest absolute Gasteiger partial charge is 0.318 e. The van der Waals surface area contributed by atoms with Crippen LogP contribution in [0.2, 0.25) is 0 Å². The molecular formula is C25H22O4. The Bertz CT molecular complexity index is 985. The maximum atomic E-state index is 14.1. The second-order valence-electron chi connectivity index (χ2n) is 8.16. The average molecular weight is 386 g/mol. The summed E-state index contributed by atoms with van der Waals surface area (Å²) in [4.78, 5) is 39.8. The van der Waals surface area contributed by atoms with Crippen LogP contribution in [0.5, 0.6) is 0 Å². The molecule has 146 valence electrons. The van der Waals surface area contributed by atoms with E-state index in [1.54, 1.807) is 0 Å². The normalized spacial score (nSPS) is 32.7. The monoisotopic (exact) mass is 386 g/mol. The highest BCUT2D eigenvalue weighted by Gasteiger charge is 2.80. The lowest BCUT2D eigenvalue weighted by atomic mass is 9.60. The van der Waals surface area contributed by atoms with Gasteiger partial charge < -0.3 is 4.74 Å². The molecular weight excluding hydrogens is 364 g/mol. The van der Waals surface area contributed by atoms with Gasteiger partial charge in [0.1, 0.15) is 0 Å². The number of hydrogen-bond donors (Lipinski definition) is 0. The van der Waals surface area contributed by atoms with Gasteiger partial charge >= 0.3 is 11.9 Å². The minimum absolute atomic E-state index is 0.00714. The molecule has 0 N–H and O–H groups in total. The van der Waals surface area contributed by atoms with Crippen molar-refractivity contribution in [1.82, 2.24) is 0 Å². The van der Waals surface area contributed by atoms with Crippen LogP contribution in [0.15, 0.2) is 60.7 Å². The molecule has 1 aliphatic heterocycles. The molecule has 5 rings (SSSR count). The van der Waals surface area contributed by atoms with E-state index >= 15 is 0 Å². The fourth-order valence-corrected chi connectivity index (χ4v) is 6.26. The average Bonchev–Trinajstić information content (AvgIpc) is 3.28. The van der Waals surface area contributed by atoms with Gasteiger partial charge in [-0.05, 0) is 35.1 Å². The Labute approximate surface area is 169 Å². The number of benzene rings is 2.